The van der Waals surface area contributed by atoms with Crippen LogP contribution in [0.4, 0.5) is 5.69 Å². The Kier molecular flexibility index (Phi) is 2.91. The van der Waals surface area contributed by atoms with Crippen molar-refractivity contribution in [3.8, 4) is 17.2 Å². The zero-order valence-corrected chi connectivity index (χ0v) is 8.88. The minimum Gasteiger partial charge on any atom is -0.497 e. The van der Waals surface area contributed by atoms with Gasteiger partial charge in [-0.3, -0.25) is 4.98 Å². The Bertz CT molecular complexity index is 469. The van der Waals surface area contributed by atoms with Crippen LogP contribution in [0.1, 0.15) is 0 Å². The predicted molar refractivity (Wildman–Crippen MR) is 61.7 cm³/mol. The fourth-order valence-electron chi connectivity index (χ4n) is 1.26. The SMILES string of the molecule is COc1ccc(Oc2ccncc2N)cc1. The first kappa shape index (κ1) is 10.3. The maximum absolute atomic E-state index is 5.71. The summed E-state index contributed by atoms with van der Waals surface area (Å²) < 4.78 is 10.6. The Hall–Kier alpha value is -2.23. The van der Waals surface area contributed by atoms with Gasteiger partial charge in [0.05, 0.1) is 19.0 Å². The van der Waals surface area contributed by atoms with E-state index < -0.39 is 0 Å². The van der Waals surface area contributed by atoms with Gasteiger partial charge in [0.15, 0.2) is 5.75 Å². The summed E-state index contributed by atoms with van der Waals surface area (Å²) in [6.07, 6.45) is 3.19. The zero-order chi connectivity index (χ0) is 11.4. The van der Waals surface area contributed by atoms with Crippen molar-refractivity contribution in [1.82, 2.24) is 4.98 Å². The summed E-state index contributed by atoms with van der Waals surface area (Å²) in [5, 5.41) is 0. The molecule has 82 valence electrons. The van der Waals surface area contributed by atoms with Crippen molar-refractivity contribution >= 4 is 5.69 Å². The Morgan fingerprint density at radius 3 is 2.38 bits per heavy atom. The number of methoxy groups -OCH3 is 1. The molecule has 2 aromatic rings. The van der Waals surface area contributed by atoms with Crippen molar-refractivity contribution in [2.24, 2.45) is 0 Å². The molecular weight excluding hydrogens is 204 g/mol. The largest absolute Gasteiger partial charge is 0.497 e. The molecule has 0 aliphatic rings. The molecule has 0 atom stereocenters. The van der Waals surface area contributed by atoms with E-state index in [9.17, 15) is 0 Å². The maximum Gasteiger partial charge on any atom is 0.153 e. The highest BCUT2D eigenvalue weighted by Crippen LogP contribution is 2.27. The summed E-state index contributed by atoms with van der Waals surface area (Å²) in [5.41, 5.74) is 6.22. The highest BCUT2D eigenvalue weighted by molar-refractivity contribution is 5.51. The van der Waals surface area contributed by atoms with Crippen LogP contribution in [-0.2, 0) is 0 Å². The first-order valence-corrected chi connectivity index (χ1v) is 4.81. The predicted octanol–water partition coefficient (Wildman–Crippen LogP) is 2.46. The Morgan fingerprint density at radius 1 is 1.06 bits per heavy atom. The monoisotopic (exact) mass is 216 g/mol. The number of nitrogens with two attached hydrogens (primary N) is 1. The van der Waals surface area contributed by atoms with Crippen molar-refractivity contribution in [2.45, 2.75) is 0 Å². The average Bonchev–Trinajstić information content (AvgIpc) is 2.33. The lowest BCUT2D eigenvalue weighted by Crippen LogP contribution is -1.92. The minimum atomic E-state index is 0.512. The molecule has 1 aromatic carbocycles. The molecule has 0 unspecified atom stereocenters. The third-order valence-electron chi connectivity index (χ3n) is 2.10. The van der Waals surface area contributed by atoms with Crippen LogP contribution >= 0.6 is 0 Å². The summed E-state index contributed by atoms with van der Waals surface area (Å²) in [7, 11) is 1.62. The average molecular weight is 216 g/mol. The van der Waals surface area contributed by atoms with Gasteiger partial charge >= 0.3 is 0 Å². The second-order valence-corrected chi connectivity index (χ2v) is 3.19. The topological polar surface area (TPSA) is 57.4 Å². The quantitative estimate of drug-likeness (QED) is 0.856. The van der Waals surface area contributed by atoms with Gasteiger partial charge in [-0.25, -0.2) is 0 Å². The van der Waals surface area contributed by atoms with Crippen LogP contribution < -0.4 is 15.2 Å². The van der Waals surface area contributed by atoms with Crippen LogP contribution in [0.3, 0.4) is 0 Å². The van der Waals surface area contributed by atoms with E-state index in [4.69, 9.17) is 15.2 Å². The Labute approximate surface area is 93.6 Å². The van der Waals surface area contributed by atoms with Crippen LogP contribution in [0, 0.1) is 0 Å². The van der Waals surface area contributed by atoms with Gasteiger partial charge in [-0.15, -0.1) is 0 Å². The van der Waals surface area contributed by atoms with Crippen molar-refractivity contribution in [3.05, 3.63) is 42.7 Å². The molecule has 1 aromatic heterocycles. The first-order chi connectivity index (χ1) is 7.79. The third kappa shape index (κ3) is 2.23. The molecule has 0 fully saturated rings. The number of benzene rings is 1. The third-order valence-corrected chi connectivity index (χ3v) is 2.10. The van der Waals surface area contributed by atoms with E-state index in [1.54, 1.807) is 25.6 Å². The van der Waals surface area contributed by atoms with E-state index in [0.29, 0.717) is 17.2 Å². The molecule has 2 rings (SSSR count). The van der Waals surface area contributed by atoms with Gasteiger partial charge in [0.1, 0.15) is 11.5 Å². The van der Waals surface area contributed by atoms with Crippen LogP contribution in [0.5, 0.6) is 17.2 Å². The number of rotatable bonds is 3. The first-order valence-electron chi connectivity index (χ1n) is 4.81. The molecule has 1 heterocycles. The lowest BCUT2D eigenvalue weighted by Gasteiger charge is -2.08. The fourth-order valence-corrected chi connectivity index (χ4v) is 1.26. The molecule has 2 N–H and O–H groups in total. The van der Waals surface area contributed by atoms with Gasteiger partial charge < -0.3 is 15.2 Å². The van der Waals surface area contributed by atoms with Crippen molar-refractivity contribution in [2.75, 3.05) is 12.8 Å². The number of nitrogens with zero attached hydrogens (tertiary/aromatic N) is 1. The maximum atomic E-state index is 5.71. The molecule has 0 radical (unpaired) electrons. The Balaban J connectivity index is 2.18. The van der Waals surface area contributed by atoms with E-state index in [0.717, 1.165) is 5.75 Å². The van der Waals surface area contributed by atoms with Crippen LogP contribution in [0.15, 0.2) is 42.7 Å². The summed E-state index contributed by atoms with van der Waals surface area (Å²) in [6.45, 7) is 0. The van der Waals surface area contributed by atoms with E-state index >= 15 is 0 Å². The van der Waals surface area contributed by atoms with Gasteiger partial charge in [0, 0.05) is 12.3 Å². The molecule has 0 aliphatic heterocycles. The van der Waals surface area contributed by atoms with Gasteiger partial charge in [0.2, 0.25) is 0 Å². The van der Waals surface area contributed by atoms with E-state index in [2.05, 4.69) is 4.98 Å². The number of hydrogen-bond donors (Lipinski definition) is 1. The summed E-state index contributed by atoms with van der Waals surface area (Å²) in [5.74, 6) is 2.09. The van der Waals surface area contributed by atoms with E-state index in [-0.39, 0.29) is 0 Å². The van der Waals surface area contributed by atoms with Crippen molar-refractivity contribution < 1.29 is 9.47 Å². The second kappa shape index (κ2) is 4.53. The highest BCUT2D eigenvalue weighted by Gasteiger charge is 2.01. The highest BCUT2D eigenvalue weighted by atomic mass is 16.5. The van der Waals surface area contributed by atoms with Gasteiger partial charge in [-0.2, -0.15) is 0 Å². The fraction of sp³-hybridized carbons (Fsp3) is 0.0833. The summed E-state index contributed by atoms with van der Waals surface area (Å²) in [4.78, 5) is 3.89. The number of hydrogen-bond acceptors (Lipinski definition) is 4. The van der Waals surface area contributed by atoms with Crippen LogP contribution in [0.25, 0.3) is 0 Å². The van der Waals surface area contributed by atoms with Crippen molar-refractivity contribution in [1.29, 1.82) is 0 Å². The smallest absolute Gasteiger partial charge is 0.153 e. The molecule has 0 saturated heterocycles. The molecule has 0 aliphatic carbocycles. The van der Waals surface area contributed by atoms with Crippen LogP contribution in [-0.4, -0.2) is 12.1 Å². The zero-order valence-electron chi connectivity index (χ0n) is 8.88. The van der Waals surface area contributed by atoms with Gasteiger partial charge in [-0.05, 0) is 24.3 Å². The normalized spacial score (nSPS) is 9.81. The lowest BCUT2D eigenvalue weighted by molar-refractivity contribution is 0.413. The number of anilines is 1. The molecule has 0 bridgehead atoms. The van der Waals surface area contributed by atoms with E-state index in [1.165, 1.54) is 0 Å². The molecule has 0 spiro atoms. The second-order valence-electron chi connectivity index (χ2n) is 3.19. The lowest BCUT2D eigenvalue weighted by atomic mass is 10.3. The number of aromatic nitrogens is 1. The molecule has 16 heavy (non-hydrogen) atoms. The standard InChI is InChI=1S/C12H12N2O2/c1-15-9-2-4-10(5-3-9)16-12-6-7-14-8-11(12)13/h2-8H,13H2,1H3. The molecule has 0 saturated carbocycles. The number of ether oxygens (including phenoxy) is 2. The van der Waals surface area contributed by atoms with Gasteiger partial charge in [0.25, 0.3) is 0 Å². The summed E-state index contributed by atoms with van der Waals surface area (Å²) in [6, 6.07) is 9.01. The minimum absolute atomic E-state index is 0.512. The van der Waals surface area contributed by atoms with Crippen LogP contribution in [0.2, 0.25) is 0 Å². The number of pyridine rings is 1. The molecule has 4 heteroatoms. The van der Waals surface area contributed by atoms with E-state index in [1.807, 2.05) is 24.3 Å². The summed E-state index contributed by atoms with van der Waals surface area (Å²) >= 11 is 0. The van der Waals surface area contributed by atoms with Crippen molar-refractivity contribution in [3.63, 3.8) is 0 Å². The Morgan fingerprint density at radius 2 is 1.75 bits per heavy atom. The molecule has 4 nitrogen and oxygen atoms in total. The van der Waals surface area contributed by atoms with Gasteiger partial charge in [-0.1, -0.05) is 0 Å². The molecule has 0 amide bonds. The molecular formula is C12H12N2O2. The number of nitrogen functional groups attached to an aromatic ring is 1.